The molecule has 0 aliphatic rings. The number of nitrogen functional groups attached to an aromatic ring is 1. The largest absolute Gasteiger partial charge is 0.298 e. The molecular weight excluding hydrogens is 270 g/mol. The van der Waals surface area contributed by atoms with Gasteiger partial charge in [-0.15, -0.1) is 11.3 Å². The highest BCUT2D eigenvalue weighted by atomic mass is 32.1. The summed E-state index contributed by atoms with van der Waals surface area (Å²) in [5, 5.41) is 1.92. The van der Waals surface area contributed by atoms with Gasteiger partial charge in [0.15, 0.2) is 0 Å². The fourth-order valence-electron chi connectivity index (χ4n) is 2.15. The molecule has 1 aromatic carbocycles. The van der Waals surface area contributed by atoms with E-state index in [4.69, 9.17) is 5.84 Å². The Bertz CT molecular complexity index is 594. The molecule has 106 valence electrons. The van der Waals surface area contributed by atoms with Gasteiger partial charge in [-0.05, 0) is 42.1 Å². The van der Waals surface area contributed by atoms with E-state index in [9.17, 15) is 4.79 Å². The number of hydrogen-bond donors (Lipinski definition) is 2. The summed E-state index contributed by atoms with van der Waals surface area (Å²) >= 11 is 1.41. The average molecular weight is 289 g/mol. The first-order valence-electron chi connectivity index (χ1n) is 6.42. The molecule has 20 heavy (non-hydrogen) atoms. The van der Waals surface area contributed by atoms with Crippen molar-refractivity contribution in [1.29, 1.82) is 0 Å². The number of nitrogens with one attached hydrogen (secondary N) is 1. The highest BCUT2D eigenvalue weighted by molar-refractivity contribution is 7.12. The van der Waals surface area contributed by atoms with Crippen LogP contribution in [0.1, 0.15) is 26.4 Å². The highest BCUT2D eigenvalue weighted by Gasteiger charge is 2.13. The zero-order chi connectivity index (χ0) is 14.5. The van der Waals surface area contributed by atoms with Crippen LogP contribution >= 0.6 is 11.3 Å². The molecule has 1 heterocycles. The van der Waals surface area contributed by atoms with E-state index >= 15 is 0 Å². The molecule has 1 aromatic heterocycles. The van der Waals surface area contributed by atoms with Gasteiger partial charge in [-0.2, -0.15) is 0 Å². The van der Waals surface area contributed by atoms with Gasteiger partial charge in [-0.3, -0.25) is 15.1 Å². The maximum Gasteiger partial charge on any atom is 0.275 e. The first-order chi connectivity index (χ1) is 9.61. The van der Waals surface area contributed by atoms with Crippen molar-refractivity contribution in [3.8, 4) is 0 Å². The van der Waals surface area contributed by atoms with Crippen molar-refractivity contribution in [3.05, 3.63) is 57.3 Å². The summed E-state index contributed by atoms with van der Waals surface area (Å²) in [6.45, 7) is 3.69. The van der Waals surface area contributed by atoms with Gasteiger partial charge >= 0.3 is 0 Å². The molecule has 0 aliphatic heterocycles. The molecule has 0 atom stereocenters. The molecule has 5 heteroatoms. The van der Waals surface area contributed by atoms with Crippen molar-refractivity contribution >= 4 is 17.2 Å². The van der Waals surface area contributed by atoms with E-state index in [2.05, 4.69) is 29.4 Å². The van der Waals surface area contributed by atoms with Gasteiger partial charge in [-0.1, -0.05) is 24.3 Å². The summed E-state index contributed by atoms with van der Waals surface area (Å²) < 4.78 is 0. The predicted octanol–water partition coefficient (Wildman–Crippen LogP) is 2.29. The minimum Gasteiger partial charge on any atom is -0.298 e. The number of rotatable bonds is 5. The molecule has 0 spiro atoms. The molecule has 0 saturated carbocycles. The van der Waals surface area contributed by atoms with E-state index in [1.54, 1.807) is 0 Å². The summed E-state index contributed by atoms with van der Waals surface area (Å²) in [6.07, 6.45) is 0. The molecule has 0 bridgehead atoms. The predicted molar refractivity (Wildman–Crippen MR) is 82.3 cm³/mol. The van der Waals surface area contributed by atoms with Gasteiger partial charge in [-0.25, -0.2) is 5.84 Å². The zero-order valence-corrected chi connectivity index (χ0v) is 12.5. The monoisotopic (exact) mass is 289 g/mol. The maximum absolute atomic E-state index is 11.6. The molecule has 0 saturated heterocycles. The SMILES string of the molecule is Cc1ccccc1CN(C)Cc1ccsc1C(=O)NN. The van der Waals surface area contributed by atoms with Crippen LogP contribution < -0.4 is 11.3 Å². The van der Waals surface area contributed by atoms with Crippen molar-refractivity contribution in [1.82, 2.24) is 10.3 Å². The minimum atomic E-state index is -0.223. The third-order valence-electron chi connectivity index (χ3n) is 3.23. The fourth-order valence-corrected chi connectivity index (χ4v) is 2.97. The molecule has 0 fully saturated rings. The van der Waals surface area contributed by atoms with Crippen LogP contribution in [0.25, 0.3) is 0 Å². The summed E-state index contributed by atoms with van der Waals surface area (Å²) in [6, 6.07) is 10.3. The molecule has 1 amide bonds. The van der Waals surface area contributed by atoms with E-state index < -0.39 is 0 Å². The lowest BCUT2D eigenvalue weighted by molar-refractivity contribution is 0.0956. The molecule has 0 aliphatic carbocycles. The van der Waals surface area contributed by atoms with E-state index in [1.165, 1.54) is 22.5 Å². The van der Waals surface area contributed by atoms with Crippen molar-refractivity contribution in [2.45, 2.75) is 20.0 Å². The van der Waals surface area contributed by atoms with Gasteiger partial charge in [0.1, 0.15) is 0 Å². The minimum absolute atomic E-state index is 0.223. The molecule has 0 radical (unpaired) electrons. The Labute approximate surface area is 123 Å². The van der Waals surface area contributed by atoms with Crippen molar-refractivity contribution < 1.29 is 4.79 Å². The highest BCUT2D eigenvalue weighted by Crippen LogP contribution is 2.19. The van der Waals surface area contributed by atoms with E-state index in [0.29, 0.717) is 4.88 Å². The number of amides is 1. The lowest BCUT2D eigenvalue weighted by atomic mass is 10.1. The quantitative estimate of drug-likeness (QED) is 0.504. The molecule has 2 aromatic rings. The van der Waals surface area contributed by atoms with Crippen LogP contribution in [-0.2, 0) is 13.1 Å². The first kappa shape index (κ1) is 14.7. The van der Waals surface area contributed by atoms with Crippen LogP contribution in [-0.4, -0.2) is 17.9 Å². The zero-order valence-electron chi connectivity index (χ0n) is 11.7. The van der Waals surface area contributed by atoms with Crippen LogP contribution in [0.15, 0.2) is 35.7 Å². The standard InChI is InChI=1S/C15H19N3OS/c1-11-5-3-4-6-12(11)9-18(2)10-13-7-8-20-14(13)15(19)17-16/h3-8H,9-10,16H2,1-2H3,(H,17,19). The number of hydrazine groups is 1. The summed E-state index contributed by atoms with van der Waals surface area (Å²) in [4.78, 5) is 14.5. The number of aryl methyl sites for hydroxylation is 1. The van der Waals surface area contributed by atoms with Gasteiger partial charge in [0.25, 0.3) is 5.91 Å². The van der Waals surface area contributed by atoms with E-state index in [1.807, 2.05) is 30.6 Å². The number of carbonyl (C=O) groups is 1. The van der Waals surface area contributed by atoms with E-state index in [-0.39, 0.29) is 5.91 Å². The van der Waals surface area contributed by atoms with Crippen molar-refractivity contribution in [2.75, 3.05) is 7.05 Å². The smallest absolute Gasteiger partial charge is 0.275 e. The average Bonchev–Trinajstić information content (AvgIpc) is 2.88. The van der Waals surface area contributed by atoms with Crippen LogP contribution in [0.3, 0.4) is 0 Å². The van der Waals surface area contributed by atoms with Crippen LogP contribution in [0.4, 0.5) is 0 Å². The van der Waals surface area contributed by atoms with Crippen LogP contribution in [0.5, 0.6) is 0 Å². The van der Waals surface area contributed by atoms with Gasteiger partial charge in [0.2, 0.25) is 0 Å². The number of thiophene rings is 1. The Kier molecular flexibility index (Phi) is 4.89. The number of nitrogens with two attached hydrogens (primary N) is 1. The Morgan fingerprint density at radius 3 is 2.65 bits per heavy atom. The molecule has 2 rings (SSSR count). The van der Waals surface area contributed by atoms with Crippen molar-refractivity contribution in [2.24, 2.45) is 5.84 Å². The Morgan fingerprint density at radius 2 is 1.95 bits per heavy atom. The summed E-state index contributed by atoms with van der Waals surface area (Å²) in [5.74, 6) is 4.98. The number of carbonyl (C=O) groups excluding carboxylic acids is 1. The normalized spacial score (nSPS) is 10.8. The lowest BCUT2D eigenvalue weighted by Crippen LogP contribution is -2.30. The lowest BCUT2D eigenvalue weighted by Gasteiger charge is -2.18. The molecule has 4 nitrogen and oxygen atoms in total. The number of benzene rings is 1. The fraction of sp³-hybridized carbons (Fsp3) is 0.267. The van der Waals surface area contributed by atoms with Gasteiger partial charge in [0, 0.05) is 13.1 Å². The molecule has 3 N–H and O–H groups in total. The Balaban J connectivity index is 2.05. The topological polar surface area (TPSA) is 58.4 Å². The second-order valence-corrected chi connectivity index (χ2v) is 5.76. The van der Waals surface area contributed by atoms with E-state index in [0.717, 1.165) is 18.7 Å². The molecular formula is C15H19N3OS. The Hall–Kier alpha value is -1.69. The maximum atomic E-state index is 11.6. The second-order valence-electron chi connectivity index (χ2n) is 4.85. The van der Waals surface area contributed by atoms with Crippen LogP contribution in [0.2, 0.25) is 0 Å². The first-order valence-corrected chi connectivity index (χ1v) is 7.30. The third-order valence-corrected chi connectivity index (χ3v) is 4.18. The number of hydrogen-bond acceptors (Lipinski definition) is 4. The van der Waals surface area contributed by atoms with Crippen molar-refractivity contribution in [3.63, 3.8) is 0 Å². The molecule has 0 unspecified atom stereocenters. The second kappa shape index (κ2) is 6.65. The van der Waals surface area contributed by atoms with Gasteiger partial charge < -0.3 is 0 Å². The van der Waals surface area contributed by atoms with Gasteiger partial charge in [0.05, 0.1) is 4.88 Å². The third kappa shape index (κ3) is 3.45. The summed E-state index contributed by atoms with van der Waals surface area (Å²) in [7, 11) is 2.05. The Morgan fingerprint density at radius 1 is 1.25 bits per heavy atom. The van der Waals surface area contributed by atoms with Crippen LogP contribution in [0, 0.1) is 6.92 Å². The number of nitrogens with zero attached hydrogens (tertiary/aromatic N) is 1. The summed E-state index contributed by atoms with van der Waals surface area (Å²) in [5.41, 5.74) is 5.78.